The van der Waals surface area contributed by atoms with E-state index in [0.29, 0.717) is 0 Å². The molecule has 0 amide bonds. The summed E-state index contributed by atoms with van der Waals surface area (Å²) in [7, 11) is 0. The molecule has 0 fully saturated rings. The fourth-order valence-electron chi connectivity index (χ4n) is 2.45. The Bertz CT molecular complexity index is 590. The van der Waals surface area contributed by atoms with E-state index in [-0.39, 0.29) is 11.5 Å². The molecule has 1 unspecified atom stereocenters. The van der Waals surface area contributed by atoms with E-state index in [2.05, 4.69) is 78.4 Å². The maximum atomic E-state index is 6.30. The number of hydrogen-bond acceptors (Lipinski definition) is 1. The van der Waals surface area contributed by atoms with Gasteiger partial charge in [-0.2, -0.15) is 0 Å². The Balaban J connectivity index is 2.17. The zero-order valence-corrected chi connectivity index (χ0v) is 15.0. The smallest absolute Gasteiger partial charge is 0.0462 e. The van der Waals surface area contributed by atoms with E-state index >= 15 is 0 Å². The van der Waals surface area contributed by atoms with E-state index in [0.717, 1.165) is 21.6 Å². The Morgan fingerprint density at radius 2 is 1.76 bits per heavy atom. The van der Waals surface area contributed by atoms with Crippen molar-refractivity contribution in [3.63, 3.8) is 0 Å². The van der Waals surface area contributed by atoms with Gasteiger partial charge in [0.05, 0.1) is 0 Å². The minimum atomic E-state index is 0.128. The number of hydrogen-bond donors (Lipinski definition) is 1. The first-order valence-electron chi connectivity index (χ1n) is 7.10. The zero-order valence-electron chi connectivity index (χ0n) is 12.7. The zero-order chi connectivity index (χ0) is 15.5. The van der Waals surface area contributed by atoms with Crippen molar-refractivity contribution in [2.45, 2.75) is 33.4 Å². The number of rotatable bonds is 4. The highest BCUT2D eigenvalue weighted by atomic mass is 79.9. The molecular weight excluding hydrogens is 346 g/mol. The Kier molecular flexibility index (Phi) is 5.48. The van der Waals surface area contributed by atoms with E-state index in [1.807, 2.05) is 12.1 Å². The molecule has 0 spiro atoms. The molecule has 0 saturated heterocycles. The lowest BCUT2D eigenvalue weighted by atomic mass is 9.82. The maximum absolute atomic E-state index is 6.30. The van der Waals surface area contributed by atoms with Crippen LogP contribution in [0.15, 0.2) is 53.0 Å². The first kappa shape index (κ1) is 16.5. The molecule has 2 rings (SSSR count). The van der Waals surface area contributed by atoms with Crippen molar-refractivity contribution in [1.29, 1.82) is 0 Å². The lowest BCUT2D eigenvalue weighted by Crippen LogP contribution is -2.32. The van der Waals surface area contributed by atoms with Gasteiger partial charge < -0.3 is 5.32 Å². The van der Waals surface area contributed by atoms with Crippen LogP contribution in [0.25, 0.3) is 0 Å². The Hall–Kier alpha value is -0.830. The molecule has 0 radical (unpaired) electrons. The lowest BCUT2D eigenvalue weighted by molar-refractivity contribution is 0.271. The van der Waals surface area contributed by atoms with Gasteiger partial charge in [0.1, 0.15) is 0 Å². The van der Waals surface area contributed by atoms with Crippen LogP contribution in [0.2, 0.25) is 5.02 Å². The Morgan fingerprint density at radius 1 is 1.10 bits per heavy atom. The molecular formula is C18H21BrClN. The molecule has 112 valence electrons. The summed E-state index contributed by atoms with van der Waals surface area (Å²) in [5.41, 5.74) is 2.55. The largest absolute Gasteiger partial charge is 0.305 e. The van der Waals surface area contributed by atoms with Gasteiger partial charge >= 0.3 is 0 Å². The second-order valence-corrected chi connectivity index (χ2v) is 7.65. The van der Waals surface area contributed by atoms with Crippen LogP contribution >= 0.6 is 27.5 Å². The van der Waals surface area contributed by atoms with Gasteiger partial charge in [-0.3, -0.25) is 0 Å². The van der Waals surface area contributed by atoms with Crippen molar-refractivity contribution in [3.05, 3.63) is 69.2 Å². The minimum absolute atomic E-state index is 0.128. The van der Waals surface area contributed by atoms with Crippen LogP contribution in [0.5, 0.6) is 0 Å². The van der Waals surface area contributed by atoms with Crippen LogP contribution in [0.1, 0.15) is 37.9 Å². The predicted molar refractivity (Wildman–Crippen MR) is 94.6 cm³/mol. The predicted octanol–water partition coefficient (Wildman–Crippen LogP) is 5.98. The second-order valence-electron chi connectivity index (χ2n) is 6.33. The van der Waals surface area contributed by atoms with E-state index in [9.17, 15) is 0 Å². The normalized spacial score (nSPS) is 13.2. The standard InChI is InChI=1S/C18H21BrClN/c1-18(2,3)17(13-7-5-4-6-8-13)21-12-14-9-10-15(19)11-16(14)20/h4-11,17,21H,12H2,1-3H3. The number of benzene rings is 2. The molecule has 0 bridgehead atoms. The van der Waals surface area contributed by atoms with Crippen molar-refractivity contribution < 1.29 is 0 Å². The van der Waals surface area contributed by atoms with Gasteiger partial charge in [-0.05, 0) is 28.7 Å². The highest BCUT2D eigenvalue weighted by Gasteiger charge is 2.25. The van der Waals surface area contributed by atoms with E-state index < -0.39 is 0 Å². The van der Waals surface area contributed by atoms with Gasteiger partial charge in [-0.1, -0.05) is 84.7 Å². The average Bonchev–Trinajstić information content (AvgIpc) is 2.41. The number of nitrogens with one attached hydrogen (secondary N) is 1. The molecule has 1 nitrogen and oxygen atoms in total. The summed E-state index contributed by atoms with van der Waals surface area (Å²) in [5.74, 6) is 0. The van der Waals surface area contributed by atoms with Crippen molar-refractivity contribution in [3.8, 4) is 0 Å². The molecule has 0 saturated carbocycles. The highest BCUT2D eigenvalue weighted by molar-refractivity contribution is 9.10. The fourth-order valence-corrected chi connectivity index (χ4v) is 3.19. The molecule has 3 heteroatoms. The van der Waals surface area contributed by atoms with Gasteiger partial charge in [-0.25, -0.2) is 0 Å². The molecule has 0 aliphatic heterocycles. The van der Waals surface area contributed by atoms with Crippen molar-refractivity contribution in [2.75, 3.05) is 0 Å². The molecule has 0 heterocycles. The maximum Gasteiger partial charge on any atom is 0.0462 e. The average molecular weight is 367 g/mol. The van der Waals surface area contributed by atoms with E-state index in [1.54, 1.807) is 0 Å². The fraction of sp³-hybridized carbons (Fsp3) is 0.333. The summed E-state index contributed by atoms with van der Waals surface area (Å²) in [6.07, 6.45) is 0. The SMILES string of the molecule is CC(C)(C)C(NCc1ccc(Br)cc1Cl)c1ccccc1. The van der Waals surface area contributed by atoms with Crippen molar-refractivity contribution >= 4 is 27.5 Å². The summed E-state index contributed by atoms with van der Waals surface area (Å²) < 4.78 is 1.01. The van der Waals surface area contributed by atoms with Gasteiger partial charge in [0.25, 0.3) is 0 Å². The topological polar surface area (TPSA) is 12.0 Å². The van der Waals surface area contributed by atoms with Gasteiger partial charge in [-0.15, -0.1) is 0 Å². The van der Waals surface area contributed by atoms with Crippen molar-refractivity contribution in [1.82, 2.24) is 5.32 Å². The molecule has 0 aliphatic rings. The quantitative estimate of drug-likeness (QED) is 0.702. The van der Waals surface area contributed by atoms with Gasteiger partial charge in [0.15, 0.2) is 0 Å². The van der Waals surface area contributed by atoms with Crippen LogP contribution in [0.4, 0.5) is 0 Å². The van der Waals surface area contributed by atoms with Crippen LogP contribution in [-0.4, -0.2) is 0 Å². The summed E-state index contributed by atoms with van der Waals surface area (Å²) >= 11 is 9.74. The Morgan fingerprint density at radius 3 is 2.33 bits per heavy atom. The minimum Gasteiger partial charge on any atom is -0.305 e. The lowest BCUT2D eigenvalue weighted by Gasteiger charge is -2.32. The summed E-state index contributed by atoms with van der Waals surface area (Å²) in [4.78, 5) is 0. The third-order valence-electron chi connectivity index (χ3n) is 3.51. The molecule has 0 aliphatic carbocycles. The molecule has 1 atom stereocenters. The van der Waals surface area contributed by atoms with E-state index in [4.69, 9.17) is 11.6 Å². The second kappa shape index (κ2) is 6.95. The summed E-state index contributed by atoms with van der Waals surface area (Å²) in [5, 5.41) is 4.44. The summed E-state index contributed by atoms with van der Waals surface area (Å²) in [6, 6.07) is 16.9. The summed E-state index contributed by atoms with van der Waals surface area (Å²) in [6.45, 7) is 7.51. The van der Waals surface area contributed by atoms with Gasteiger partial charge in [0, 0.05) is 22.1 Å². The molecule has 1 N–H and O–H groups in total. The first-order chi connectivity index (χ1) is 9.88. The highest BCUT2D eigenvalue weighted by Crippen LogP contribution is 2.33. The van der Waals surface area contributed by atoms with Crippen molar-refractivity contribution in [2.24, 2.45) is 5.41 Å². The van der Waals surface area contributed by atoms with Crippen LogP contribution in [0, 0.1) is 5.41 Å². The number of halogens is 2. The monoisotopic (exact) mass is 365 g/mol. The van der Waals surface area contributed by atoms with Crippen LogP contribution in [0.3, 0.4) is 0 Å². The van der Waals surface area contributed by atoms with E-state index in [1.165, 1.54) is 5.56 Å². The molecule has 0 aromatic heterocycles. The van der Waals surface area contributed by atoms with Crippen LogP contribution < -0.4 is 5.32 Å². The third-order valence-corrected chi connectivity index (χ3v) is 4.36. The van der Waals surface area contributed by atoms with Crippen LogP contribution in [-0.2, 0) is 6.54 Å². The molecule has 2 aromatic rings. The molecule has 2 aromatic carbocycles. The Labute approximate surface area is 140 Å². The first-order valence-corrected chi connectivity index (χ1v) is 8.27. The van der Waals surface area contributed by atoms with Gasteiger partial charge in [0.2, 0.25) is 0 Å². The molecule has 21 heavy (non-hydrogen) atoms. The third kappa shape index (κ3) is 4.57.